The summed E-state index contributed by atoms with van der Waals surface area (Å²) in [7, 11) is 0. The number of rotatable bonds is 8. The lowest BCUT2D eigenvalue weighted by molar-refractivity contribution is -0.165. The van der Waals surface area contributed by atoms with Crippen LogP contribution in [0.3, 0.4) is 0 Å². The second-order valence-electron chi connectivity index (χ2n) is 8.82. The third kappa shape index (κ3) is 4.62. The zero-order valence-electron chi connectivity index (χ0n) is 17.6. The number of carbonyl (C=O) groups is 1. The van der Waals surface area contributed by atoms with Crippen LogP contribution in [0.4, 0.5) is 4.79 Å². The van der Waals surface area contributed by atoms with Crippen LogP contribution >= 0.6 is 0 Å². The number of amides is 1. The Balaban J connectivity index is 2.06. The minimum Gasteiger partial charge on any atom is -0.449 e. The van der Waals surface area contributed by atoms with E-state index < -0.39 is 0 Å². The molecule has 4 nitrogen and oxygen atoms in total. The van der Waals surface area contributed by atoms with Crippen molar-refractivity contribution in [3.8, 4) is 0 Å². The molecular weight excluding hydrogens is 326 g/mol. The molecule has 1 N–H and O–H groups in total. The van der Waals surface area contributed by atoms with Crippen molar-refractivity contribution in [1.82, 2.24) is 5.32 Å². The number of ether oxygens (including phenoxy) is 2. The van der Waals surface area contributed by atoms with E-state index in [9.17, 15) is 4.79 Å². The minimum atomic E-state index is -0.321. The van der Waals surface area contributed by atoms with Crippen molar-refractivity contribution < 1.29 is 14.3 Å². The van der Waals surface area contributed by atoms with Gasteiger partial charge in [-0.25, -0.2) is 4.79 Å². The number of hydrogen-bond acceptors (Lipinski definition) is 3. The van der Waals surface area contributed by atoms with Crippen LogP contribution in [0, 0.1) is 23.2 Å². The normalized spacial score (nSPS) is 33.7. The maximum atomic E-state index is 12.0. The van der Waals surface area contributed by atoms with Gasteiger partial charge in [-0.05, 0) is 39.0 Å². The molecule has 0 radical (unpaired) electrons. The lowest BCUT2D eigenvalue weighted by Crippen LogP contribution is -2.57. The lowest BCUT2D eigenvalue weighted by atomic mass is 9.56. The fourth-order valence-electron chi connectivity index (χ4n) is 4.90. The van der Waals surface area contributed by atoms with Gasteiger partial charge >= 0.3 is 6.09 Å². The van der Waals surface area contributed by atoms with Crippen molar-refractivity contribution in [1.29, 1.82) is 0 Å². The predicted octanol–water partition coefficient (Wildman–Crippen LogP) is 5.32. The van der Waals surface area contributed by atoms with E-state index in [1.165, 1.54) is 31.3 Å². The van der Waals surface area contributed by atoms with Gasteiger partial charge in [0.05, 0.1) is 12.7 Å². The Morgan fingerprint density at radius 3 is 2.73 bits per heavy atom. The fourth-order valence-corrected chi connectivity index (χ4v) is 4.90. The third-order valence-corrected chi connectivity index (χ3v) is 6.58. The fraction of sp³-hybridized carbons (Fsp3) is 0.864. The molecule has 1 fully saturated rings. The summed E-state index contributed by atoms with van der Waals surface area (Å²) in [4.78, 5) is 12.0. The van der Waals surface area contributed by atoms with E-state index in [4.69, 9.17) is 9.47 Å². The zero-order valence-corrected chi connectivity index (χ0v) is 17.6. The summed E-state index contributed by atoms with van der Waals surface area (Å²) in [5, 5.41) is 2.82. The van der Waals surface area contributed by atoms with Gasteiger partial charge < -0.3 is 14.8 Å². The van der Waals surface area contributed by atoms with Crippen molar-refractivity contribution in [2.45, 2.75) is 85.8 Å². The van der Waals surface area contributed by atoms with E-state index in [2.05, 4.69) is 39.1 Å². The maximum absolute atomic E-state index is 12.0. The molecule has 2 aliphatic rings. The molecule has 4 heteroatoms. The topological polar surface area (TPSA) is 47.6 Å². The summed E-state index contributed by atoms with van der Waals surface area (Å²) in [6, 6.07) is 0.0891. The zero-order chi connectivity index (χ0) is 19.3. The van der Waals surface area contributed by atoms with E-state index in [0.29, 0.717) is 37.1 Å². The van der Waals surface area contributed by atoms with Crippen LogP contribution in [0.15, 0.2) is 11.6 Å². The average molecular weight is 366 g/mol. The first-order chi connectivity index (χ1) is 12.3. The molecule has 1 aliphatic carbocycles. The summed E-state index contributed by atoms with van der Waals surface area (Å²) in [5.41, 5.74) is 1.34. The Hall–Kier alpha value is -1.03. The molecular formula is C22H39NO3. The molecule has 0 aromatic carbocycles. The van der Waals surface area contributed by atoms with E-state index in [0.717, 1.165) is 6.42 Å². The summed E-state index contributed by atoms with van der Waals surface area (Å²) < 4.78 is 12.0. The van der Waals surface area contributed by atoms with Crippen molar-refractivity contribution >= 4 is 6.09 Å². The number of hydrogen-bond donors (Lipinski definition) is 1. The summed E-state index contributed by atoms with van der Waals surface area (Å²) in [6.45, 7) is 14.1. The van der Waals surface area contributed by atoms with Crippen LogP contribution < -0.4 is 5.32 Å². The van der Waals surface area contributed by atoms with Crippen LogP contribution in [-0.4, -0.2) is 31.5 Å². The highest BCUT2D eigenvalue weighted by molar-refractivity contribution is 5.67. The van der Waals surface area contributed by atoms with Gasteiger partial charge in [-0.2, -0.15) is 0 Å². The van der Waals surface area contributed by atoms with Gasteiger partial charge in [0.15, 0.2) is 0 Å². The maximum Gasteiger partial charge on any atom is 0.407 e. The Morgan fingerprint density at radius 2 is 2.08 bits per heavy atom. The lowest BCUT2D eigenvalue weighted by Gasteiger charge is -2.55. The molecule has 0 spiro atoms. The predicted molar refractivity (Wildman–Crippen MR) is 106 cm³/mol. The molecule has 1 saturated heterocycles. The van der Waals surface area contributed by atoms with Gasteiger partial charge in [-0.15, -0.1) is 0 Å². The van der Waals surface area contributed by atoms with Crippen LogP contribution in [0.1, 0.15) is 73.6 Å². The number of carbonyl (C=O) groups excluding carboxylic acids is 1. The molecule has 0 unspecified atom stereocenters. The van der Waals surface area contributed by atoms with Crippen molar-refractivity contribution in [3.05, 3.63) is 11.6 Å². The number of nitrogens with one attached hydrogen (secondary N) is 1. The first-order valence-corrected chi connectivity index (χ1v) is 10.5. The number of allylic oxidation sites excluding steroid dienone is 1. The molecule has 2 rings (SSSR count). The van der Waals surface area contributed by atoms with Crippen molar-refractivity contribution in [3.63, 3.8) is 0 Å². The monoisotopic (exact) mass is 365 g/mol. The highest BCUT2D eigenvalue weighted by Gasteiger charge is 2.53. The molecule has 0 aromatic rings. The second kappa shape index (κ2) is 9.25. The van der Waals surface area contributed by atoms with E-state index >= 15 is 0 Å². The van der Waals surface area contributed by atoms with Gasteiger partial charge in [-0.3, -0.25) is 0 Å². The Labute approximate surface area is 160 Å². The smallest absolute Gasteiger partial charge is 0.407 e. The summed E-state index contributed by atoms with van der Waals surface area (Å²) in [5.74, 6) is 1.25. The molecule has 150 valence electrons. The Bertz CT molecular complexity index is 502. The second-order valence-corrected chi connectivity index (χ2v) is 8.82. The molecule has 1 heterocycles. The van der Waals surface area contributed by atoms with Crippen LogP contribution in [0.5, 0.6) is 0 Å². The molecule has 1 aliphatic heterocycles. The van der Waals surface area contributed by atoms with E-state index in [1.54, 1.807) is 0 Å². The molecule has 26 heavy (non-hydrogen) atoms. The van der Waals surface area contributed by atoms with Crippen LogP contribution in [0.2, 0.25) is 0 Å². The van der Waals surface area contributed by atoms with Gasteiger partial charge in [0, 0.05) is 17.4 Å². The summed E-state index contributed by atoms with van der Waals surface area (Å²) >= 11 is 0. The molecule has 0 aromatic heterocycles. The minimum absolute atomic E-state index is 0.0891. The number of fused-ring (bicyclic) bond motifs is 2. The first-order valence-electron chi connectivity index (χ1n) is 10.5. The van der Waals surface area contributed by atoms with E-state index in [-0.39, 0.29) is 17.6 Å². The van der Waals surface area contributed by atoms with Gasteiger partial charge in [0.1, 0.15) is 6.61 Å². The van der Waals surface area contributed by atoms with Crippen LogP contribution in [0.25, 0.3) is 0 Å². The van der Waals surface area contributed by atoms with Gasteiger partial charge in [-0.1, -0.05) is 58.1 Å². The SMILES string of the molecule is CCCCCC[C@@H]1OC[C@]2(COC(=O)NC(C)C)[C@H](C)[C@H]1C(C)=C[C@@H]2C. The Morgan fingerprint density at radius 1 is 1.35 bits per heavy atom. The van der Waals surface area contributed by atoms with Gasteiger partial charge in [0.25, 0.3) is 0 Å². The van der Waals surface area contributed by atoms with Crippen LogP contribution in [-0.2, 0) is 9.47 Å². The quantitative estimate of drug-likeness (QED) is 0.467. The highest BCUT2D eigenvalue weighted by Crippen LogP contribution is 2.53. The molecule has 5 atom stereocenters. The first kappa shape index (κ1) is 21.3. The molecule has 1 amide bonds. The summed E-state index contributed by atoms with van der Waals surface area (Å²) in [6.07, 6.45) is 8.63. The number of alkyl carbamates (subject to hydrolysis) is 1. The third-order valence-electron chi connectivity index (χ3n) is 6.58. The van der Waals surface area contributed by atoms with Crippen molar-refractivity contribution in [2.24, 2.45) is 23.2 Å². The largest absolute Gasteiger partial charge is 0.449 e. The van der Waals surface area contributed by atoms with Crippen molar-refractivity contribution in [2.75, 3.05) is 13.2 Å². The van der Waals surface area contributed by atoms with Gasteiger partial charge in [0.2, 0.25) is 0 Å². The molecule has 2 bridgehead atoms. The highest BCUT2D eigenvalue weighted by atomic mass is 16.6. The van der Waals surface area contributed by atoms with E-state index in [1.807, 2.05) is 13.8 Å². The average Bonchev–Trinajstić information content (AvgIpc) is 2.56. The standard InChI is InChI=1S/C22H39NO3/c1-7-8-9-10-11-19-20-16(4)12-17(5)22(13-25-19,18(20)6)14-26-21(24)23-15(2)3/h12,15,17-20H,7-11,13-14H2,1-6H3,(H,23,24)/t17-,18+,19-,20+,22+/m0/s1. The molecule has 0 saturated carbocycles. The Kier molecular flexibility index (Phi) is 7.57. The number of unbranched alkanes of at least 4 members (excludes halogenated alkanes) is 3.